The summed E-state index contributed by atoms with van der Waals surface area (Å²) < 4.78 is 10.8. The summed E-state index contributed by atoms with van der Waals surface area (Å²) in [6.07, 6.45) is 2.74. The molecule has 4 rings (SSSR count). The second-order valence-electron chi connectivity index (χ2n) is 6.88. The number of hydrogen-bond acceptors (Lipinski definition) is 3. The standard InChI is InChI=1S/C25H23NO3/c1-2-26(24(27)21-8-4-3-5-9-21)18-19-7-6-10-23(17-19)20-11-13-22(14-12-20)25-28-15-16-29-25/h3-17,25H,2,18H2,1H3. The fraction of sp³-hybridized carbons (Fsp3) is 0.160. The van der Waals surface area contributed by atoms with E-state index in [-0.39, 0.29) is 12.2 Å². The van der Waals surface area contributed by atoms with Crippen LogP contribution >= 0.6 is 0 Å². The van der Waals surface area contributed by atoms with E-state index in [2.05, 4.69) is 30.3 Å². The Morgan fingerprint density at radius 3 is 2.28 bits per heavy atom. The Hall–Kier alpha value is -3.53. The molecule has 0 saturated heterocycles. The minimum absolute atomic E-state index is 0.0491. The summed E-state index contributed by atoms with van der Waals surface area (Å²) in [4.78, 5) is 14.7. The van der Waals surface area contributed by atoms with Gasteiger partial charge in [-0.25, -0.2) is 0 Å². The van der Waals surface area contributed by atoms with E-state index >= 15 is 0 Å². The van der Waals surface area contributed by atoms with E-state index in [0.717, 1.165) is 22.3 Å². The molecule has 29 heavy (non-hydrogen) atoms. The normalized spacial score (nSPS) is 13.0. The van der Waals surface area contributed by atoms with E-state index in [9.17, 15) is 4.79 Å². The third kappa shape index (κ3) is 4.32. The second kappa shape index (κ2) is 8.65. The highest BCUT2D eigenvalue weighted by Crippen LogP contribution is 2.27. The molecule has 0 radical (unpaired) electrons. The molecule has 0 saturated carbocycles. The van der Waals surface area contributed by atoms with Gasteiger partial charge in [-0.3, -0.25) is 4.79 Å². The first-order valence-corrected chi connectivity index (χ1v) is 9.74. The van der Waals surface area contributed by atoms with Crippen molar-refractivity contribution in [1.82, 2.24) is 4.90 Å². The lowest BCUT2D eigenvalue weighted by Gasteiger charge is -2.21. The molecule has 0 N–H and O–H groups in total. The molecule has 4 nitrogen and oxygen atoms in total. The van der Waals surface area contributed by atoms with Gasteiger partial charge >= 0.3 is 0 Å². The molecular weight excluding hydrogens is 362 g/mol. The summed E-state index contributed by atoms with van der Waals surface area (Å²) in [5.41, 5.74) is 5.01. The highest BCUT2D eigenvalue weighted by atomic mass is 16.7. The van der Waals surface area contributed by atoms with Gasteiger partial charge in [-0.15, -0.1) is 0 Å². The summed E-state index contributed by atoms with van der Waals surface area (Å²) in [5.74, 6) is 0.0491. The van der Waals surface area contributed by atoms with Gasteiger partial charge in [0.2, 0.25) is 0 Å². The number of benzene rings is 3. The van der Waals surface area contributed by atoms with Crippen LogP contribution in [0.5, 0.6) is 0 Å². The predicted octanol–water partition coefficient (Wildman–Crippen LogP) is 5.53. The number of nitrogens with zero attached hydrogens (tertiary/aromatic N) is 1. The third-order valence-electron chi connectivity index (χ3n) is 4.97. The molecule has 146 valence electrons. The Kier molecular flexibility index (Phi) is 5.61. The summed E-state index contributed by atoms with van der Waals surface area (Å²) >= 11 is 0. The highest BCUT2D eigenvalue weighted by molar-refractivity contribution is 5.94. The summed E-state index contributed by atoms with van der Waals surface area (Å²) in [5, 5.41) is 0. The molecule has 0 spiro atoms. The molecule has 0 unspecified atom stereocenters. The van der Waals surface area contributed by atoms with E-state index in [4.69, 9.17) is 9.47 Å². The van der Waals surface area contributed by atoms with Gasteiger partial charge in [-0.1, -0.05) is 60.7 Å². The maximum Gasteiger partial charge on any atom is 0.266 e. The van der Waals surface area contributed by atoms with Crippen LogP contribution in [0.4, 0.5) is 0 Å². The van der Waals surface area contributed by atoms with Crippen molar-refractivity contribution in [3.05, 3.63) is 108 Å². The zero-order valence-electron chi connectivity index (χ0n) is 16.3. The lowest BCUT2D eigenvalue weighted by atomic mass is 10.0. The zero-order chi connectivity index (χ0) is 20.1. The van der Waals surface area contributed by atoms with Crippen molar-refractivity contribution in [3.8, 4) is 11.1 Å². The van der Waals surface area contributed by atoms with Crippen LogP contribution in [0.15, 0.2) is 91.4 Å². The Bertz CT molecular complexity index is 988. The quantitative estimate of drug-likeness (QED) is 0.560. The first kappa shape index (κ1) is 18.8. The minimum Gasteiger partial charge on any atom is -0.455 e. The van der Waals surface area contributed by atoms with Gasteiger partial charge < -0.3 is 14.4 Å². The molecule has 0 fully saturated rings. The molecule has 1 aliphatic heterocycles. The maximum absolute atomic E-state index is 12.8. The predicted molar refractivity (Wildman–Crippen MR) is 113 cm³/mol. The average molecular weight is 385 g/mol. The summed E-state index contributed by atoms with van der Waals surface area (Å²) in [7, 11) is 0. The van der Waals surface area contributed by atoms with E-state index in [1.54, 1.807) is 12.5 Å². The van der Waals surface area contributed by atoms with Crippen molar-refractivity contribution in [1.29, 1.82) is 0 Å². The van der Waals surface area contributed by atoms with Gasteiger partial charge in [-0.2, -0.15) is 0 Å². The van der Waals surface area contributed by atoms with Crippen molar-refractivity contribution in [2.75, 3.05) is 6.54 Å². The molecule has 1 heterocycles. The first-order valence-electron chi connectivity index (χ1n) is 9.74. The van der Waals surface area contributed by atoms with Crippen LogP contribution in [0.1, 0.15) is 34.7 Å². The number of carbonyl (C=O) groups excluding carboxylic acids is 1. The van der Waals surface area contributed by atoms with Crippen molar-refractivity contribution in [3.63, 3.8) is 0 Å². The van der Waals surface area contributed by atoms with E-state index in [1.807, 2.05) is 60.4 Å². The highest BCUT2D eigenvalue weighted by Gasteiger charge is 2.16. The number of carbonyl (C=O) groups is 1. The average Bonchev–Trinajstić information content (AvgIpc) is 3.33. The van der Waals surface area contributed by atoms with Crippen molar-refractivity contribution >= 4 is 5.91 Å². The zero-order valence-corrected chi connectivity index (χ0v) is 16.3. The lowest BCUT2D eigenvalue weighted by molar-refractivity contribution is -0.0245. The molecule has 0 atom stereocenters. The van der Waals surface area contributed by atoms with Gasteiger partial charge in [0.25, 0.3) is 12.2 Å². The Balaban J connectivity index is 1.50. The monoisotopic (exact) mass is 385 g/mol. The molecule has 0 aromatic heterocycles. The second-order valence-corrected chi connectivity index (χ2v) is 6.88. The van der Waals surface area contributed by atoms with Crippen LogP contribution in [0.2, 0.25) is 0 Å². The van der Waals surface area contributed by atoms with E-state index in [0.29, 0.717) is 18.7 Å². The van der Waals surface area contributed by atoms with Crippen molar-refractivity contribution in [2.45, 2.75) is 19.8 Å². The Labute approximate surface area is 171 Å². The van der Waals surface area contributed by atoms with Crippen molar-refractivity contribution in [2.24, 2.45) is 0 Å². The summed E-state index contributed by atoms with van der Waals surface area (Å²) in [6, 6.07) is 25.9. The maximum atomic E-state index is 12.8. The number of amides is 1. The lowest BCUT2D eigenvalue weighted by Crippen LogP contribution is -2.30. The molecule has 3 aromatic carbocycles. The largest absolute Gasteiger partial charge is 0.455 e. The Morgan fingerprint density at radius 1 is 0.862 bits per heavy atom. The molecule has 1 aliphatic rings. The van der Waals surface area contributed by atoms with Crippen LogP contribution in [-0.2, 0) is 16.0 Å². The topological polar surface area (TPSA) is 38.8 Å². The first-order chi connectivity index (χ1) is 14.2. The fourth-order valence-corrected chi connectivity index (χ4v) is 3.39. The van der Waals surface area contributed by atoms with Crippen molar-refractivity contribution < 1.29 is 14.3 Å². The van der Waals surface area contributed by atoms with Crippen LogP contribution < -0.4 is 0 Å². The van der Waals surface area contributed by atoms with Gasteiger partial charge in [-0.05, 0) is 41.8 Å². The van der Waals surface area contributed by atoms with Crippen LogP contribution in [0, 0.1) is 0 Å². The molecule has 0 aliphatic carbocycles. The number of ether oxygens (including phenoxy) is 2. The van der Waals surface area contributed by atoms with E-state index < -0.39 is 0 Å². The van der Waals surface area contributed by atoms with Gasteiger partial charge in [0.15, 0.2) is 0 Å². The van der Waals surface area contributed by atoms with Crippen LogP contribution in [0.3, 0.4) is 0 Å². The fourth-order valence-electron chi connectivity index (χ4n) is 3.39. The van der Waals surface area contributed by atoms with Crippen LogP contribution in [0.25, 0.3) is 11.1 Å². The van der Waals surface area contributed by atoms with Gasteiger partial charge in [0.1, 0.15) is 12.5 Å². The molecule has 3 aromatic rings. The number of hydrogen-bond donors (Lipinski definition) is 0. The molecular formula is C25H23NO3. The van der Waals surface area contributed by atoms with Crippen LogP contribution in [-0.4, -0.2) is 17.4 Å². The Morgan fingerprint density at radius 2 is 1.59 bits per heavy atom. The smallest absolute Gasteiger partial charge is 0.266 e. The summed E-state index contributed by atoms with van der Waals surface area (Å²) in [6.45, 7) is 3.24. The number of rotatable bonds is 6. The third-order valence-corrected chi connectivity index (χ3v) is 4.97. The molecule has 1 amide bonds. The minimum atomic E-state index is -0.363. The van der Waals surface area contributed by atoms with Gasteiger partial charge in [0, 0.05) is 24.2 Å². The molecule has 0 bridgehead atoms. The van der Waals surface area contributed by atoms with Gasteiger partial charge in [0.05, 0.1) is 0 Å². The molecule has 4 heteroatoms. The SMILES string of the molecule is CCN(Cc1cccc(-c2ccc(C3OC=CO3)cc2)c1)C(=O)c1ccccc1. The van der Waals surface area contributed by atoms with E-state index in [1.165, 1.54) is 0 Å².